The zero-order chi connectivity index (χ0) is 28.9. The van der Waals surface area contributed by atoms with Crippen molar-refractivity contribution < 1.29 is 38.9 Å². The summed E-state index contributed by atoms with van der Waals surface area (Å²) in [5.41, 5.74) is 2.37. The highest BCUT2D eigenvalue weighted by Crippen LogP contribution is 2.41. The number of methoxy groups -OCH3 is 1. The second-order valence-corrected chi connectivity index (χ2v) is 10.3. The number of ether oxygens (including phenoxy) is 3. The van der Waals surface area contributed by atoms with Crippen LogP contribution in [0.4, 0.5) is 0 Å². The lowest BCUT2D eigenvalue weighted by Crippen LogP contribution is -3.14. The van der Waals surface area contributed by atoms with Crippen LogP contribution in [0.2, 0.25) is 0 Å². The molecule has 0 aromatic heterocycles. The highest BCUT2D eigenvalue weighted by atomic mass is 16.5. The SMILES string of the molecule is COc1cc(C2/C(=C(\[O-])c3ccc(OCc4ccccc4)cc3C)C(=O)C(=O)N2CC[NH+]2CCOCC2)ccc1O. The number of benzene rings is 3. The van der Waals surface area contributed by atoms with Gasteiger partial charge in [0.25, 0.3) is 5.91 Å². The number of Topliss-reactive ketones (excluding diaryl/α,β-unsaturated/α-hetero) is 1. The maximum absolute atomic E-state index is 14.0. The molecule has 2 N–H and O–H groups in total. The van der Waals surface area contributed by atoms with Gasteiger partial charge in [0.1, 0.15) is 25.4 Å². The van der Waals surface area contributed by atoms with Crippen molar-refractivity contribution in [3.8, 4) is 17.2 Å². The lowest BCUT2D eigenvalue weighted by atomic mass is 9.93. The van der Waals surface area contributed by atoms with Gasteiger partial charge in [-0.2, -0.15) is 0 Å². The van der Waals surface area contributed by atoms with Crippen LogP contribution in [0.5, 0.6) is 17.2 Å². The van der Waals surface area contributed by atoms with Gasteiger partial charge in [0.2, 0.25) is 5.78 Å². The smallest absolute Gasteiger partial charge is 0.295 e. The molecule has 41 heavy (non-hydrogen) atoms. The van der Waals surface area contributed by atoms with E-state index in [9.17, 15) is 19.8 Å². The molecule has 2 saturated heterocycles. The number of phenols is 1. The molecule has 2 aliphatic rings. The van der Waals surface area contributed by atoms with E-state index < -0.39 is 23.5 Å². The van der Waals surface area contributed by atoms with Gasteiger partial charge in [-0.25, -0.2) is 0 Å². The third-order valence-corrected chi connectivity index (χ3v) is 7.65. The van der Waals surface area contributed by atoms with E-state index in [4.69, 9.17) is 14.2 Å². The zero-order valence-corrected chi connectivity index (χ0v) is 23.2. The number of rotatable bonds is 9. The zero-order valence-electron chi connectivity index (χ0n) is 23.2. The number of carbonyl (C=O) groups excluding carboxylic acids is 2. The molecular weight excluding hydrogens is 524 g/mol. The Bertz CT molecular complexity index is 1450. The molecule has 0 bridgehead atoms. The fourth-order valence-electron chi connectivity index (χ4n) is 5.37. The number of hydrogen-bond acceptors (Lipinski definition) is 7. The van der Waals surface area contributed by atoms with Gasteiger partial charge in [0.05, 0.1) is 39.5 Å². The Morgan fingerprint density at radius 2 is 1.83 bits per heavy atom. The highest BCUT2D eigenvalue weighted by molar-refractivity contribution is 6.46. The fraction of sp³-hybridized carbons (Fsp3) is 0.312. The second-order valence-electron chi connectivity index (χ2n) is 10.3. The predicted molar refractivity (Wildman–Crippen MR) is 149 cm³/mol. The monoisotopic (exact) mass is 558 g/mol. The third-order valence-electron chi connectivity index (χ3n) is 7.65. The summed E-state index contributed by atoms with van der Waals surface area (Å²) >= 11 is 0. The quantitative estimate of drug-likeness (QED) is 0.232. The van der Waals surface area contributed by atoms with Gasteiger partial charge in [0, 0.05) is 5.57 Å². The molecule has 1 amide bonds. The molecule has 3 aromatic carbocycles. The van der Waals surface area contributed by atoms with Gasteiger partial charge < -0.3 is 34.2 Å². The van der Waals surface area contributed by atoms with Crippen LogP contribution in [0.1, 0.15) is 28.3 Å². The standard InChI is InChI=1S/C32H34N2O7/c1-21-18-24(41-20-22-6-4-3-5-7-22)9-10-25(21)30(36)28-29(23-8-11-26(35)27(19-23)39-2)34(32(38)31(28)37)13-12-33-14-16-40-17-15-33/h3-11,18-19,29,35-36H,12-17,20H2,1-2H3/b30-28+. The third kappa shape index (κ3) is 6.06. The van der Waals surface area contributed by atoms with Crippen molar-refractivity contribution in [2.45, 2.75) is 19.6 Å². The van der Waals surface area contributed by atoms with Gasteiger partial charge in [-0.05, 0) is 53.4 Å². The van der Waals surface area contributed by atoms with Gasteiger partial charge in [0.15, 0.2) is 11.5 Å². The Morgan fingerprint density at radius 1 is 1.07 bits per heavy atom. The van der Waals surface area contributed by atoms with Crippen molar-refractivity contribution in [2.24, 2.45) is 0 Å². The Kier molecular flexibility index (Phi) is 8.56. The van der Waals surface area contributed by atoms with E-state index in [0.29, 0.717) is 48.8 Å². The van der Waals surface area contributed by atoms with E-state index in [2.05, 4.69) is 0 Å². The van der Waals surface area contributed by atoms with Crippen LogP contribution in [0.15, 0.2) is 72.3 Å². The van der Waals surface area contributed by atoms with Crippen LogP contribution >= 0.6 is 0 Å². The summed E-state index contributed by atoms with van der Waals surface area (Å²) in [4.78, 5) is 29.5. The van der Waals surface area contributed by atoms with Crippen molar-refractivity contribution in [3.63, 3.8) is 0 Å². The van der Waals surface area contributed by atoms with Gasteiger partial charge >= 0.3 is 0 Å². The van der Waals surface area contributed by atoms with Crippen molar-refractivity contribution >= 4 is 17.4 Å². The minimum absolute atomic E-state index is 0.0778. The summed E-state index contributed by atoms with van der Waals surface area (Å²) in [6.07, 6.45) is 0. The summed E-state index contributed by atoms with van der Waals surface area (Å²) < 4.78 is 16.6. The minimum atomic E-state index is -0.911. The predicted octanol–water partition coefficient (Wildman–Crippen LogP) is 1.43. The summed E-state index contributed by atoms with van der Waals surface area (Å²) in [6.45, 7) is 5.95. The van der Waals surface area contributed by atoms with Crippen molar-refractivity contribution in [3.05, 3.63) is 94.6 Å². The average Bonchev–Trinajstić information content (AvgIpc) is 3.25. The molecule has 9 nitrogen and oxygen atoms in total. The van der Waals surface area contributed by atoms with Crippen molar-refractivity contribution in [2.75, 3.05) is 46.5 Å². The lowest BCUT2D eigenvalue weighted by molar-refractivity contribution is -0.907. The number of amides is 1. The van der Waals surface area contributed by atoms with Crippen LogP contribution in [-0.4, -0.2) is 68.2 Å². The summed E-state index contributed by atoms with van der Waals surface area (Å²) in [7, 11) is 1.42. The first-order valence-electron chi connectivity index (χ1n) is 13.7. The number of likely N-dealkylation sites (tertiary alicyclic amines) is 1. The van der Waals surface area contributed by atoms with Crippen LogP contribution in [0, 0.1) is 6.92 Å². The Morgan fingerprint density at radius 3 is 2.54 bits per heavy atom. The molecule has 0 saturated carbocycles. The van der Waals surface area contributed by atoms with Crippen LogP contribution < -0.4 is 19.5 Å². The number of morpholine rings is 1. The van der Waals surface area contributed by atoms with Gasteiger partial charge in [-0.3, -0.25) is 9.59 Å². The largest absolute Gasteiger partial charge is 0.872 e. The van der Waals surface area contributed by atoms with E-state index in [1.807, 2.05) is 30.3 Å². The molecule has 1 unspecified atom stereocenters. The summed E-state index contributed by atoms with van der Waals surface area (Å²) in [5.74, 6) is -1.32. The summed E-state index contributed by atoms with van der Waals surface area (Å²) in [5, 5.41) is 24.2. The fourth-order valence-corrected chi connectivity index (χ4v) is 5.37. The van der Waals surface area contributed by atoms with Crippen LogP contribution in [0.25, 0.3) is 5.76 Å². The molecule has 0 aliphatic carbocycles. The van der Waals surface area contributed by atoms with E-state index in [1.165, 1.54) is 23.0 Å². The lowest BCUT2D eigenvalue weighted by Gasteiger charge is -2.30. The van der Waals surface area contributed by atoms with Gasteiger partial charge in [-0.15, -0.1) is 0 Å². The number of aromatic hydroxyl groups is 1. The maximum Gasteiger partial charge on any atom is 0.295 e. The summed E-state index contributed by atoms with van der Waals surface area (Å²) in [6, 6.07) is 18.6. The van der Waals surface area contributed by atoms with E-state index >= 15 is 0 Å². The Hall–Kier alpha value is -4.34. The number of aryl methyl sites for hydroxylation is 1. The molecule has 3 aromatic rings. The number of carbonyl (C=O) groups is 2. The number of nitrogens with one attached hydrogen (secondary N) is 1. The van der Waals surface area contributed by atoms with E-state index in [0.717, 1.165) is 18.7 Å². The first-order valence-corrected chi connectivity index (χ1v) is 13.7. The molecule has 2 fully saturated rings. The number of ketones is 1. The molecule has 2 aliphatic heterocycles. The minimum Gasteiger partial charge on any atom is -0.872 e. The molecule has 214 valence electrons. The number of hydrogen-bond donors (Lipinski definition) is 2. The van der Waals surface area contributed by atoms with Crippen molar-refractivity contribution in [1.29, 1.82) is 0 Å². The Labute approximate surface area is 239 Å². The number of quaternary nitrogens is 1. The first kappa shape index (κ1) is 28.2. The van der Waals surface area contributed by atoms with Crippen molar-refractivity contribution in [1.82, 2.24) is 4.90 Å². The average molecular weight is 559 g/mol. The molecule has 5 rings (SSSR count). The van der Waals surface area contributed by atoms with Gasteiger partial charge in [-0.1, -0.05) is 48.2 Å². The van der Waals surface area contributed by atoms with E-state index in [-0.39, 0.29) is 23.6 Å². The number of nitrogens with zero attached hydrogens (tertiary/aromatic N) is 1. The molecular formula is C32H34N2O7. The second kappa shape index (κ2) is 12.4. The molecule has 0 spiro atoms. The molecule has 1 atom stereocenters. The number of phenolic OH excluding ortho intramolecular Hbond substituents is 1. The molecule has 2 heterocycles. The van der Waals surface area contributed by atoms with E-state index in [1.54, 1.807) is 37.3 Å². The normalized spacial score (nSPS) is 19.0. The highest BCUT2D eigenvalue weighted by Gasteiger charge is 2.44. The maximum atomic E-state index is 14.0. The Balaban J connectivity index is 1.49. The molecule has 9 heteroatoms. The van der Waals surface area contributed by atoms with Crippen LogP contribution in [0.3, 0.4) is 0 Å². The first-order chi connectivity index (χ1) is 19.9. The topological polar surface area (TPSA) is 113 Å². The molecule has 0 radical (unpaired) electrons. The van der Waals surface area contributed by atoms with Crippen LogP contribution in [-0.2, 0) is 20.9 Å².